The summed E-state index contributed by atoms with van der Waals surface area (Å²) in [7, 11) is 3.24. The van der Waals surface area contributed by atoms with E-state index in [-0.39, 0.29) is 0 Å². The van der Waals surface area contributed by atoms with Crippen LogP contribution in [-0.2, 0) is 0 Å². The number of nitrogens with one attached hydrogen (secondary N) is 1. The van der Waals surface area contributed by atoms with Gasteiger partial charge in [-0.3, -0.25) is 0 Å². The molecule has 0 aromatic carbocycles. The first-order chi connectivity index (χ1) is 10.2. The van der Waals surface area contributed by atoms with Crippen LogP contribution in [0.25, 0.3) is 0 Å². The molecule has 0 amide bonds. The highest BCUT2D eigenvalue weighted by molar-refractivity contribution is 5.38. The van der Waals surface area contributed by atoms with E-state index in [9.17, 15) is 0 Å². The average molecular weight is 292 g/mol. The zero-order valence-corrected chi connectivity index (χ0v) is 13.0. The SMILES string of the molecule is CCN(c1nc(OC)cc(OC)n1)C1CC2CCC(C1)N2. The third kappa shape index (κ3) is 2.90. The fourth-order valence-electron chi connectivity index (χ4n) is 3.57. The topological polar surface area (TPSA) is 59.5 Å². The molecule has 116 valence electrons. The van der Waals surface area contributed by atoms with Gasteiger partial charge in [-0.1, -0.05) is 0 Å². The minimum absolute atomic E-state index is 0.491. The van der Waals surface area contributed by atoms with Crippen molar-refractivity contribution in [3.05, 3.63) is 6.07 Å². The number of rotatable bonds is 5. The summed E-state index contributed by atoms with van der Waals surface area (Å²) in [6.07, 6.45) is 4.91. The molecule has 6 nitrogen and oxygen atoms in total. The number of hydrogen-bond donors (Lipinski definition) is 1. The molecular weight excluding hydrogens is 268 g/mol. The van der Waals surface area contributed by atoms with E-state index in [4.69, 9.17) is 9.47 Å². The minimum atomic E-state index is 0.491. The lowest BCUT2D eigenvalue weighted by Gasteiger charge is -2.37. The van der Waals surface area contributed by atoms with E-state index in [0.717, 1.165) is 19.4 Å². The van der Waals surface area contributed by atoms with Crippen LogP contribution in [0.15, 0.2) is 6.07 Å². The summed E-state index contributed by atoms with van der Waals surface area (Å²) in [5, 5.41) is 3.68. The molecule has 2 fully saturated rings. The summed E-state index contributed by atoms with van der Waals surface area (Å²) in [6, 6.07) is 3.50. The first-order valence-electron chi connectivity index (χ1n) is 7.73. The summed E-state index contributed by atoms with van der Waals surface area (Å²) in [6.45, 7) is 3.04. The number of nitrogens with zero attached hydrogens (tertiary/aromatic N) is 3. The van der Waals surface area contributed by atoms with Crippen LogP contribution in [0, 0.1) is 0 Å². The Morgan fingerprint density at radius 2 is 1.71 bits per heavy atom. The van der Waals surface area contributed by atoms with Gasteiger partial charge in [-0.2, -0.15) is 9.97 Å². The van der Waals surface area contributed by atoms with Crippen LogP contribution in [0.4, 0.5) is 5.95 Å². The van der Waals surface area contributed by atoms with Crippen molar-refractivity contribution >= 4 is 5.95 Å². The van der Waals surface area contributed by atoms with E-state index in [1.54, 1.807) is 20.3 Å². The van der Waals surface area contributed by atoms with Gasteiger partial charge in [0.25, 0.3) is 0 Å². The van der Waals surface area contributed by atoms with Crippen molar-refractivity contribution in [2.45, 2.75) is 50.7 Å². The maximum Gasteiger partial charge on any atom is 0.232 e. The fraction of sp³-hybridized carbons (Fsp3) is 0.733. The molecule has 2 saturated heterocycles. The zero-order chi connectivity index (χ0) is 14.8. The molecule has 6 heteroatoms. The van der Waals surface area contributed by atoms with E-state index in [0.29, 0.717) is 35.8 Å². The number of anilines is 1. The van der Waals surface area contributed by atoms with E-state index in [1.165, 1.54) is 12.8 Å². The van der Waals surface area contributed by atoms with E-state index in [1.807, 2.05) is 0 Å². The quantitative estimate of drug-likeness (QED) is 0.889. The molecule has 1 N–H and O–H groups in total. The van der Waals surface area contributed by atoms with Crippen LogP contribution < -0.4 is 19.7 Å². The number of methoxy groups -OCH3 is 2. The number of hydrogen-bond acceptors (Lipinski definition) is 6. The van der Waals surface area contributed by atoms with Gasteiger partial charge in [-0.15, -0.1) is 0 Å². The van der Waals surface area contributed by atoms with Gasteiger partial charge < -0.3 is 19.7 Å². The molecule has 21 heavy (non-hydrogen) atoms. The summed E-state index contributed by atoms with van der Waals surface area (Å²) in [5.41, 5.74) is 0. The molecule has 3 rings (SSSR count). The lowest BCUT2D eigenvalue weighted by Crippen LogP contribution is -2.48. The first kappa shape index (κ1) is 14.4. The Kier molecular flexibility index (Phi) is 4.14. The van der Waals surface area contributed by atoms with Gasteiger partial charge in [0, 0.05) is 24.7 Å². The van der Waals surface area contributed by atoms with Gasteiger partial charge >= 0.3 is 0 Å². The molecule has 0 spiro atoms. The molecule has 2 unspecified atom stereocenters. The highest BCUT2D eigenvalue weighted by atomic mass is 16.5. The van der Waals surface area contributed by atoms with Gasteiger partial charge in [-0.25, -0.2) is 0 Å². The van der Waals surface area contributed by atoms with Crippen molar-refractivity contribution in [1.82, 2.24) is 15.3 Å². The first-order valence-corrected chi connectivity index (χ1v) is 7.73. The van der Waals surface area contributed by atoms with Crippen LogP contribution in [0.2, 0.25) is 0 Å². The van der Waals surface area contributed by atoms with Crippen LogP contribution in [0.1, 0.15) is 32.6 Å². The van der Waals surface area contributed by atoms with Crippen molar-refractivity contribution in [3.8, 4) is 11.8 Å². The average Bonchev–Trinajstić information content (AvgIpc) is 2.86. The molecule has 2 aliphatic rings. The molecule has 2 bridgehead atoms. The molecule has 0 saturated carbocycles. The zero-order valence-electron chi connectivity index (χ0n) is 13.0. The van der Waals surface area contributed by atoms with E-state index < -0.39 is 0 Å². The molecule has 1 aromatic rings. The maximum absolute atomic E-state index is 5.26. The molecule has 0 radical (unpaired) electrons. The summed E-state index contributed by atoms with van der Waals surface area (Å²) < 4.78 is 10.5. The van der Waals surface area contributed by atoms with Crippen LogP contribution >= 0.6 is 0 Å². The molecular formula is C15H24N4O2. The predicted octanol–water partition coefficient (Wildman–Crippen LogP) is 1.60. The Balaban J connectivity index is 1.85. The highest BCUT2D eigenvalue weighted by Gasteiger charge is 2.36. The van der Waals surface area contributed by atoms with E-state index in [2.05, 4.69) is 27.1 Å². The Morgan fingerprint density at radius 1 is 1.14 bits per heavy atom. The third-order valence-corrected chi connectivity index (χ3v) is 4.57. The van der Waals surface area contributed by atoms with Gasteiger partial charge in [0.2, 0.25) is 17.7 Å². The predicted molar refractivity (Wildman–Crippen MR) is 81.1 cm³/mol. The lowest BCUT2D eigenvalue weighted by atomic mass is 9.98. The standard InChI is InChI=1S/C15H24N4O2/c1-4-19(12-7-10-5-6-11(8-12)16-10)15-17-13(20-2)9-14(18-15)21-3/h9-12,16H,4-8H2,1-3H3. The number of fused-ring (bicyclic) bond motifs is 2. The lowest BCUT2D eigenvalue weighted by molar-refractivity contribution is 0.341. The van der Waals surface area contributed by atoms with Crippen LogP contribution in [0.3, 0.4) is 0 Å². The highest BCUT2D eigenvalue weighted by Crippen LogP contribution is 2.32. The number of ether oxygens (including phenoxy) is 2. The molecule has 2 atom stereocenters. The van der Waals surface area contributed by atoms with Crippen molar-refractivity contribution in [2.24, 2.45) is 0 Å². The second kappa shape index (κ2) is 6.05. The molecule has 1 aromatic heterocycles. The van der Waals surface area contributed by atoms with Gasteiger partial charge in [0.05, 0.1) is 20.3 Å². The normalized spacial score (nSPS) is 27.5. The van der Waals surface area contributed by atoms with E-state index >= 15 is 0 Å². The van der Waals surface area contributed by atoms with Gasteiger partial charge in [-0.05, 0) is 32.6 Å². The number of piperidine rings is 1. The maximum atomic E-state index is 5.26. The smallest absolute Gasteiger partial charge is 0.232 e. The largest absolute Gasteiger partial charge is 0.481 e. The Bertz CT molecular complexity index is 462. The second-order valence-electron chi connectivity index (χ2n) is 5.80. The molecule has 0 aliphatic carbocycles. The monoisotopic (exact) mass is 292 g/mol. The summed E-state index contributed by atoms with van der Waals surface area (Å²) in [5.74, 6) is 1.81. The van der Waals surface area contributed by atoms with Crippen LogP contribution in [-0.4, -0.2) is 48.9 Å². The molecule has 2 aliphatic heterocycles. The van der Waals surface area contributed by atoms with Crippen molar-refractivity contribution in [3.63, 3.8) is 0 Å². The van der Waals surface area contributed by atoms with Crippen molar-refractivity contribution in [2.75, 3.05) is 25.7 Å². The van der Waals surface area contributed by atoms with Crippen molar-refractivity contribution < 1.29 is 9.47 Å². The number of aromatic nitrogens is 2. The minimum Gasteiger partial charge on any atom is -0.481 e. The Hall–Kier alpha value is -1.56. The van der Waals surface area contributed by atoms with Crippen molar-refractivity contribution in [1.29, 1.82) is 0 Å². The second-order valence-corrected chi connectivity index (χ2v) is 5.80. The van der Waals surface area contributed by atoms with Gasteiger partial charge in [0.1, 0.15) is 0 Å². The van der Waals surface area contributed by atoms with Crippen LogP contribution in [0.5, 0.6) is 11.8 Å². The molecule has 3 heterocycles. The summed E-state index contributed by atoms with van der Waals surface area (Å²) >= 11 is 0. The Morgan fingerprint density at radius 3 is 2.19 bits per heavy atom. The fourth-order valence-corrected chi connectivity index (χ4v) is 3.57. The third-order valence-electron chi connectivity index (χ3n) is 4.57. The van der Waals surface area contributed by atoms with Gasteiger partial charge in [0.15, 0.2) is 0 Å². The Labute approximate surface area is 125 Å². The summed E-state index contributed by atoms with van der Waals surface area (Å²) in [4.78, 5) is 11.3.